The number of piperazine rings is 1. The van der Waals surface area contributed by atoms with E-state index in [2.05, 4.69) is 37.1 Å². The van der Waals surface area contributed by atoms with Gasteiger partial charge in [-0.1, -0.05) is 11.8 Å². The Morgan fingerprint density at radius 1 is 1.36 bits per heavy atom. The van der Waals surface area contributed by atoms with Gasteiger partial charge in [0.05, 0.1) is 28.8 Å². The van der Waals surface area contributed by atoms with E-state index in [-0.39, 0.29) is 5.91 Å². The molecule has 9 heteroatoms. The lowest BCUT2D eigenvalue weighted by molar-refractivity contribution is 0.0963. The number of ether oxygens (including phenoxy) is 1. The maximum Gasteiger partial charge on any atom is 0.252 e. The average molecular weight is 362 g/mol. The summed E-state index contributed by atoms with van der Waals surface area (Å²) in [5.41, 5.74) is 0.582. The van der Waals surface area contributed by atoms with Crippen LogP contribution in [-0.2, 0) is 0 Å². The zero-order valence-electron chi connectivity index (χ0n) is 14.6. The summed E-state index contributed by atoms with van der Waals surface area (Å²) >= 11 is 1.43. The number of hydrogen-bond acceptors (Lipinski definition) is 7. The van der Waals surface area contributed by atoms with Gasteiger partial charge in [-0.2, -0.15) is 4.98 Å². The Morgan fingerprint density at radius 2 is 2.12 bits per heavy atom. The predicted octanol–water partition coefficient (Wildman–Crippen LogP) is 1.08. The number of aromatic nitrogens is 3. The molecule has 0 bridgehead atoms. The zero-order chi connectivity index (χ0) is 17.8. The van der Waals surface area contributed by atoms with E-state index in [1.165, 1.54) is 11.8 Å². The van der Waals surface area contributed by atoms with Gasteiger partial charge in [0.1, 0.15) is 0 Å². The highest BCUT2D eigenvalue weighted by atomic mass is 32.2. The third-order valence-electron chi connectivity index (χ3n) is 4.05. The van der Waals surface area contributed by atoms with Crippen molar-refractivity contribution >= 4 is 23.6 Å². The molecule has 0 spiro atoms. The monoisotopic (exact) mass is 362 g/mol. The number of nitrogens with one attached hydrogen (secondary N) is 2. The third-order valence-corrected chi connectivity index (χ3v) is 5.01. The van der Waals surface area contributed by atoms with E-state index in [0.29, 0.717) is 17.4 Å². The molecule has 1 aliphatic heterocycles. The van der Waals surface area contributed by atoms with Crippen molar-refractivity contribution in [3.05, 3.63) is 24.0 Å². The fourth-order valence-electron chi connectivity index (χ4n) is 2.55. The number of carbonyl (C=O) groups is 1. The molecule has 3 rings (SSSR count). The standard InChI is InChI=1S/C16H22N6O2S/c1-17-14(23)11-8-13(18-9-11)25-12-10-19-16(20-15(12)24-3)22-6-4-21(2)5-7-22/h8-10,18H,4-7H2,1-3H3,(H,17,23). The molecule has 8 nitrogen and oxygen atoms in total. The van der Waals surface area contributed by atoms with Crippen molar-refractivity contribution in [2.45, 2.75) is 9.92 Å². The number of amides is 1. The number of rotatable bonds is 5. The van der Waals surface area contributed by atoms with Crippen molar-refractivity contribution in [2.24, 2.45) is 0 Å². The van der Waals surface area contributed by atoms with Crippen LogP contribution in [0, 0.1) is 0 Å². The molecule has 0 unspecified atom stereocenters. The van der Waals surface area contributed by atoms with Gasteiger partial charge in [-0.25, -0.2) is 4.98 Å². The minimum Gasteiger partial charge on any atom is -0.480 e. The molecule has 0 radical (unpaired) electrons. The number of likely N-dealkylation sites (N-methyl/N-ethyl adjacent to an activating group) is 1. The SMILES string of the molecule is CNC(=O)c1c[nH]c(Sc2cnc(N3CCN(C)CC3)nc2OC)c1. The number of nitrogens with zero attached hydrogens (tertiary/aromatic N) is 4. The van der Waals surface area contributed by atoms with Gasteiger partial charge in [-0.05, 0) is 13.1 Å². The van der Waals surface area contributed by atoms with Gasteiger partial charge in [-0.15, -0.1) is 0 Å². The summed E-state index contributed by atoms with van der Waals surface area (Å²) in [7, 11) is 5.32. The normalized spacial score (nSPS) is 15.2. The van der Waals surface area contributed by atoms with Crippen molar-refractivity contribution in [2.75, 3.05) is 52.3 Å². The fraction of sp³-hybridized carbons (Fsp3) is 0.438. The lowest BCUT2D eigenvalue weighted by Gasteiger charge is -2.32. The van der Waals surface area contributed by atoms with Crippen molar-refractivity contribution < 1.29 is 9.53 Å². The average Bonchev–Trinajstić information content (AvgIpc) is 3.10. The first-order valence-electron chi connectivity index (χ1n) is 8.03. The summed E-state index contributed by atoms with van der Waals surface area (Å²) in [4.78, 5) is 29.0. The molecule has 2 N–H and O–H groups in total. The van der Waals surface area contributed by atoms with Gasteiger partial charge in [0, 0.05) is 39.4 Å². The van der Waals surface area contributed by atoms with Gasteiger partial charge < -0.3 is 24.8 Å². The molecule has 134 valence electrons. The Morgan fingerprint density at radius 3 is 2.80 bits per heavy atom. The summed E-state index contributed by atoms with van der Waals surface area (Å²) in [6, 6.07) is 1.79. The predicted molar refractivity (Wildman–Crippen MR) is 96.6 cm³/mol. The molecular formula is C16H22N6O2S. The van der Waals surface area contributed by atoms with Crippen molar-refractivity contribution in [1.82, 2.24) is 25.2 Å². The second-order valence-electron chi connectivity index (χ2n) is 5.77. The molecular weight excluding hydrogens is 340 g/mol. The number of H-pyrrole nitrogens is 1. The van der Waals surface area contributed by atoms with Crippen LogP contribution in [-0.4, -0.2) is 73.1 Å². The van der Waals surface area contributed by atoms with Gasteiger partial charge in [0.15, 0.2) is 0 Å². The quantitative estimate of drug-likeness (QED) is 0.823. The number of aromatic amines is 1. The number of anilines is 1. The van der Waals surface area contributed by atoms with E-state index < -0.39 is 0 Å². The third kappa shape index (κ3) is 4.05. The van der Waals surface area contributed by atoms with E-state index in [9.17, 15) is 4.79 Å². The second-order valence-corrected chi connectivity index (χ2v) is 6.85. The summed E-state index contributed by atoms with van der Waals surface area (Å²) in [6.45, 7) is 3.79. The van der Waals surface area contributed by atoms with E-state index in [1.54, 1.807) is 32.6 Å². The first-order chi connectivity index (χ1) is 12.1. The lowest BCUT2D eigenvalue weighted by Crippen LogP contribution is -2.45. The Balaban J connectivity index is 1.75. The smallest absolute Gasteiger partial charge is 0.252 e. The number of methoxy groups -OCH3 is 1. The van der Waals surface area contributed by atoms with Crippen LogP contribution in [0.5, 0.6) is 5.88 Å². The van der Waals surface area contributed by atoms with E-state index >= 15 is 0 Å². The number of carbonyl (C=O) groups excluding carboxylic acids is 1. The van der Waals surface area contributed by atoms with Crippen LogP contribution in [0.1, 0.15) is 10.4 Å². The summed E-state index contributed by atoms with van der Waals surface area (Å²) in [5, 5.41) is 3.43. The molecule has 25 heavy (non-hydrogen) atoms. The van der Waals surface area contributed by atoms with Crippen LogP contribution in [0.2, 0.25) is 0 Å². The van der Waals surface area contributed by atoms with Gasteiger partial charge >= 0.3 is 0 Å². The Labute approximate surface area is 151 Å². The zero-order valence-corrected chi connectivity index (χ0v) is 15.4. The highest BCUT2D eigenvalue weighted by molar-refractivity contribution is 7.99. The first kappa shape index (κ1) is 17.6. The molecule has 3 heterocycles. The van der Waals surface area contributed by atoms with Crippen LogP contribution >= 0.6 is 11.8 Å². The highest BCUT2D eigenvalue weighted by Gasteiger charge is 2.19. The highest BCUT2D eigenvalue weighted by Crippen LogP contribution is 2.33. The Hall–Kier alpha value is -2.26. The molecule has 2 aromatic rings. The molecule has 0 aliphatic carbocycles. The molecule has 0 atom stereocenters. The van der Waals surface area contributed by atoms with Crippen molar-refractivity contribution in [3.63, 3.8) is 0 Å². The molecule has 1 saturated heterocycles. The second kappa shape index (κ2) is 7.75. The maximum absolute atomic E-state index is 11.6. The van der Waals surface area contributed by atoms with E-state index in [0.717, 1.165) is 36.1 Å². The molecule has 0 aromatic carbocycles. The fourth-order valence-corrected chi connectivity index (χ4v) is 3.41. The summed E-state index contributed by atoms with van der Waals surface area (Å²) in [6.07, 6.45) is 3.44. The van der Waals surface area contributed by atoms with E-state index in [1.807, 2.05) is 0 Å². The van der Waals surface area contributed by atoms with Crippen LogP contribution in [0.4, 0.5) is 5.95 Å². The van der Waals surface area contributed by atoms with Crippen LogP contribution in [0.3, 0.4) is 0 Å². The summed E-state index contributed by atoms with van der Waals surface area (Å²) in [5.74, 6) is 1.09. The van der Waals surface area contributed by atoms with Crippen LogP contribution < -0.4 is 15.0 Å². The lowest BCUT2D eigenvalue weighted by atomic mass is 10.3. The molecule has 1 amide bonds. The molecule has 1 fully saturated rings. The van der Waals surface area contributed by atoms with Crippen molar-refractivity contribution in [1.29, 1.82) is 0 Å². The minimum atomic E-state index is -0.128. The molecule has 2 aromatic heterocycles. The van der Waals surface area contributed by atoms with Gasteiger partial charge in [-0.3, -0.25) is 4.79 Å². The van der Waals surface area contributed by atoms with E-state index in [4.69, 9.17) is 4.74 Å². The summed E-state index contributed by atoms with van der Waals surface area (Å²) < 4.78 is 5.44. The Kier molecular flexibility index (Phi) is 5.44. The number of hydrogen-bond donors (Lipinski definition) is 2. The minimum absolute atomic E-state index is 0.128. The maximum atomic E-state index is 11.6. The molecule has 0 saturated carbocycles. The van der Waals surface area contributed by atoms with Crippen LogP contribution in [0.15, 0.2) is 28.4 Å². The van der Waals surface area contributed by atoms with Crippen molar-refractivity contribution in [3.8, 4) is 5.88 Å². The van der Waals surface area contributed by atoms with Gasteiger partial charge in [0.2, 0.25) is 11.8 Å². The largest absolute Gasteiger partial charge is 0.480 e. The first-order valence-corrected chi connectivity index (χ1v) is 8.85. The Bertz CT molecular complexity index is 742. The molecule has 1 aliphatic rings. The van der Waals surface area contributed by atoms with Gasteiger partial charge in [0.25, 0.3) is 5.91 Å². The topological polar surface area (TPSA) is 86.4 Å². The van der Waals surface area contributed by atoms with Crippen LogP contribution in [0.25, 0.3) is 0 Å².